The Kier molecular flexibility index (Phi) is 2.69. The number of hydrogen-bond donors (Lipinski definition) is 0. The molecule has 0 spiro atoms. The molecule has 0 saturated heterocycles. The van der Waals surface area contributed by atoms with Crippen molar-refractivity contribution < 1.29 is 9.15 Å². The third-order valence-electron chi connectivity index (χ3n) is 2.30. The van der Waals surface area contributed by atoms with E-state index in [-0.39, 0.29) is 11.7 Å². The molecule has 0 fully saturated rings. The zero-order chi connectivity index (χ0) is 11.7. The van der Waals surface area contributed by atoms with Crippen LogP contribution < -0.4 is 10.4 Å². The standard InChI is InChI=1S/C13H14O3/c1-8(2)15-11-6-4-5-10-9(3)7-12(14)16-13(10)11/h4-8H,1-3H3. The number of rotatable bonds is 2. The molecule has 2 aromatic rings. The molecular weight excluding hydrogens is 204 g/mol. The molecule has 0 aliphatic carbocycles. The van der Waals surface area contributed by atoms with Gasteiger partial charge in [0.15, 0.2) is 11.3 Å². The number of fused-ring (bicyclic) bond motifs is 1. The highest BCUT2D eigenvalue weighted by Gasteiger charge is 2.08. The molecule has 1 heterocycles. The molecule has 1 aromatic heterocycles. The summed E-state index contributed by atoms with van der Waals surface area (Å²) in [4.78, 5) is 11.3. The normalized spacial score (nSPS) is 11.0. The summed E-state index contributed by atoms with van der Waals surface area (Å²) >= 11 is 0. The summed E-state index contributed by atoms with van der Waals surface area (Å²) < 4.78 is 10.8. The molecule has 0 N–H and O–H groups in total. The lowest BCUT2D eigenvalue weighted by Crippen LogP contribution is -2.07. The predicted octanol–water partition coefficient (Wildman–Crippen LogP) is 2.89. The van der Waals surface area contributed by atoms with Gasteiger partial charge in [-0.1, -0.05) is 12.1 Å². The van der Waals surface area contributed by atoms with E-state index >= 15 is 0 Å². The molecule has 1 aromatic carbocycles. The van der Waals surface area contributed by atoms with Gasteiger partial charge in [0.25, 0.3) is 0 Å². The summed E-state index contributed by atoms with van der Waals surface area (Å²) in [5.74, 6) is 0.619. The molecule has 3 nitrogen and oxygen atoms in total. The van der Waals surface area contributed by atoms with Crippen molar-refractivity contribution >= 4 is 11.0 Å². The fourth-order valence-electron chi connectivity index (χ4n) is 1.66. The van der Waals surface area contributed by atoms with Gasteiger partial charge in [-0.15, -0.1) is 0 Å². The largest absolute Gasteiger partial charge is 0.487 e. The van der Waals surface area contributed by atoms with Gasteiger partial charge >= 0.3 is 5.63 Å². The van der Waals surface area contributed by atoms with Crippen LogP contribution in [0.5, 0.6) is 5.75 Å². The minimum Gasteiger partial charge on any atom is -0.487 e. The van der Waals surface area contributed by atoms with Crippen LogP contribution in [0.1, 0.15) is 19.4 Å². The molecule has 2 rings (SSSR count). The lowest BCUT2D eigenvalue weighted by molar-refractivity contribution is 0.241. The van der Waals surface area contributed by atoms with Crippen molar-refractivity contribution in [2.24, 2.45) is 0 Å². The number of hydrogen-bond acceptors (Lipinski definition) is 3. The highest BCUT2D eigenvalue weighted by Crippen LogP contribution is 2.26. The fourth-order valence-corrected chi connectivity index (χ4v) is 1.66. The first-order valence-electron chi connectivity index (χ1n) is 5.28. The van der Waals surface area contributed by atoms with Crippen molar-refractivity contribution in [2.45, 2.75) is 26.9 Å². The fraction of sp³-hybridized carbons (Fsp3) is 0.308. The third-order valence-corrected chi connectivity index (χ3v) is 2.30. The van der Waals surface area contributed by atoms with Crippen molar-refractivity contribution in [2.75, 3.05) is 0 Å². The molecule has 0 bridgehead atoms. The van der Waals surface area contributed by atoms with E-state index in [1.54, 1.807) is 0 Å². The second-order valence-corrected chi connectivity index (χ2v) is 4.05. The average molecular weight is 218 g/mol. The van der Waals surface area contributed by atoms with E-state index < -0.39 is 0 Å². The summed E-state index contributed by atoms with van der Waals surface area (Å²) in [5.41, 5.74) is 1.09. The van der Waals surface area contributed by atoms with Crippen LogP contribution in [0.15, 0.2) is 33.5 Å². The van der Waals surface area contributed by atoms with E-state index in [0.717, 1.165) is 10.9 Å². The molecular formula is C13H14O3. The maximum atomic E-state index is 11.3. The molecule has 3 heteroatoms. The highest BCUT2D eigenvalue weighted by atomic mass is 16.5. The lowest BCUT2D eigenvalue weighted by Gasteiger charge is -2.11. The molecule has 0 atom stereocenters. The van der Waals surface area contributed by atoms with Crippen molar-refractivity contribution in [3.63, 3.8) is 0 Å². The van der Waals surface area contributed by atoms with Crippen molar-refractivity contribution in [1.82, 2.24) is 0 Å². The van der Waals surface area contributed by atoms with Gasteiger partial charge in [0.2, 0.25) is 0 Å². The first-order valence-corrected chi connectivity index (χ1v) is 5.28. The van der Waals surface area contributed by atoms with Crippen molar-refractivity contribution in [1.29, 1.82) is 0 Å². The highest BCUT2D eigenvalue weighted by molar-refractivity contribution is 5.85. The molecule has 0 radical (unpaired) electrons. The first-order chi connectivity index (χ1) is 7.58. The van der Waals surface area contributed by atoms with E-state index in [9.17, 15) is 4.79 Å². The van der Waals surface area contributed by atoms with Crippen LogP contribution in [0.2, 0.25) is 0 Å². The molecule has 84 valence electrons. The molecule has 16 heavy (non-hydrogen) atoms. The number of aryl methyl sites for hydroxylation is 1. The Bertz CT molecular complexity index is 567. The molecule has 0 aliphatic heterocycles. The number of ether oxygens (including phenoxy) is 1. The topological polar surface area (TPSA) is 39.4 Å². The van der Waals surface area contributed by atoms with Crippen molar-refractivity contribution in [3.8, 4) is 5.75 Å². The number of para-hydroxylation sites is 1. The SMILES string of the molecule is Cc1cc(=O)oc2c(OC(C)C)cccc12. The van der Waals surface area contributed by atoms with E-state index in [0.29, 0.717) is 11.3 Å². The number of benzene rings is 1. The van der Waals surface area contributed by atoms with Gasteiger partial charge in [-0.2, -0.15) is 0 Å². The maximum Gasteiger partial charge on any atom is 0.336 e. The summed E-state index contributed by atoms with van der Waals surface area (Å²) in [7, 11) is 0. The Morgan fingerprint density at radius 2 is 2.06 bits per heavy atom. The minimum atomic E-state index is -0.343. The van der Waals surface area contributed by atoms with Crippen LogP contribution in [-0.4, -0.2) is 6.10 Å². The Hall–Kier alpha value is -1.77. The van der Waals surface area contributed by atoms with Gasteiger partial charge < -0.3 is 9.15 Å². The first kappa shape index (κ1) is 10.7. The zero-order valence-electron chi connectivity index (χ0n) is 9.61. The monoisotopic (exact) mass is 218 g/mol. The van der Waals surface area contributed by atoms with Crippen LogP contribution in [0.25, 0.3) is 11.0 Å². The van der Waals surface area contributed by atoms with Crippen molar-refractivity contribution in [3.05, 3.63) is 40.2 Å². The second-order valence-electron chi connectivity index (χ2n) is 4.05. The van der Waals surface area contributed by atoms with E-state index in [2.05, 4.69) is 0 Å². The Labute approximate surface area is 93.7 Å². The van der Waals surface area contributed by atoms with E-state index in [1.807, 2.05) is 39.0 Å². The molecule has 0 saturated carbocycles. The summed E-state index contributed by atoms with van der Waals surface area (Å²) in [6.07, 6.45) is 0.0522. The van der Waals surface area contributed by atoms with Crippen LogP contribution in [-0.2, 0) is 0 Å². The van der Waals surface area contributed by atoms with Gasteiger partial charge in [0.05, 0.1) is 6.10 Å². The third kappa shape index (κ3) is 1.94. The molecule has 0 amide bonds. The molecule has 0 unspecified atom stereocenters. The van der Waals surface area contributed by atoms with Crippen LogP contribution in [0.4, 0.5) is 0 Å². The summed E-state index contributed by atoms with van der Waals surface area (Å²) in [5, 5.41) is 0.915. The van der Waals surface area contributed by atoms with Gasteiger partial charge in [0, 0.05) is 11.5 Å². The van der Waals surface area contributed by atoms with Gasteiger partial charge in [-0.25, -0.2) is 4.79 Å². The quantitative estimate of drug-likeness (QED) is 0.727. The second kappa shape index (κ2) is 4.00. The van der Waals surface area contributed by atoms with Crippen LogP contribution in [0, 0.1) is 6.92 Å². The van der Waals surface area contributed by atoms with E-state index in [4.69, 9.17) is 9.15 Å². The summed E-state index contributed by atoms with van der Waals surface area (Å²) in [6.45, 7) is 5.76. The average Bonchev–Trinajstić information content (AvgIpc) is 2.18. The Morgan fingerprint density at radius 3 is 2.75 bits per heavy atom. The molecule has 0 aliphatic rings. The van der Waals surface area contributed by atoms with Gasteiger partial charge in [-0.3, -0.25) is 0 Å². The summed E-state index contributed by atoms with van der Waals surface area (Å²) in [6, 6.07) is 7.11. The van der Waals surface area contributed by atoms with Gasteiger partial charge in [-0.05, 0) is 32.4 Å². The predicted molar refractivity (Wildman–Crippen MR) is 63.0 cm³/mol. The van der Waals surface area contributed by atoms with Crippen LogP contribution >= 0.6 is 0 Å². The van der Waals surface area contributed by atoms with Crippen LogP contribution in [0.3, 0.4) is 0 Å². The maximum absolute atomic E-state index is 11.3. The lowest BCUT2D eigenvalue weighted by atomic mass is 10.1. The van der Waals surface area contributed by atoms with E-state index in [1.165, 1.54) is 6.07 Å². The Balaban J connectivity index is 2.71. The Morgan fingerprint density at radius 1 is 1.31 bits per heavy atom. The minimum absolute atomic E-state index is 0.0522. The smallest absolute Gasteiger partial charge is 0.336 e. The van der Waals surface area contributed by atoms with Gasteiger partial charge in [0.1, 0.15) is 0 Å². The zero-order valence-corrected chi connectivity index (χ0v) is 9.61.